The first-order valence-electron chi connectivity index (χ1n) is 4.45. The van der Waals surface area contributed by atoms with Gasteiger partial charge in [0.1, 0.15) is 0 Å². The summed E-state index contributed by atoms with van der Waals surface area (Å²) in [5.74, 6) is 0. The standard InChI is InChI=1S/C5H11NO2.C3H7NO2/c1-3-6-5(7)8-4-2;1-2-4-3(5)6/h3-4H2,1-2H3,(H,6,7);4H,2H2,1H3,(H,5,6). The molecule has 84 valence electrons. The second-order valence-electron chi connectivity index (χ2n) is 2.09. The minimum absolute atomic E-state index is 0.338. The summed E-state index contributed by atoms with van der Waals surface area (Å²) in [6, 6.07) is 0. The minimum Gasteiger partial charge on any atom is -0.465 e. The molecule has 2 amide bonds. The topological polar surface area (TPSA) is 87.7 Å². The molecule has 0 fully saturated rings. The van der Waals surface area contributed by atoms with E-state index in [9.17, 15) is 9.59 Å². The number of carbonyl (C=O) groups excluding carboxylic acids is 1. The molecule has 0 radical (unpaired) electrons. The van der Waals surface area contributed by atoms with Crippen molar-refractivity contribution < 1.29 is 19.4 Å². The van der Waals surface area contributed by atoms with E-state index in [-0.39, 0.29) is 6.09 Å². The van der Waals surface area contributed by atoms with Crippen molar-refractivity contribution in [1.82, 2.24) is 10.6 Å². The summed E-state index contributed by atoms with van der Waals surface area (Å²) in [6.07, 6.45) is -1.30. The second-order valence-corrected chi connectivity index (χ2v) is 2.09. The van der Waals surface area contributed by atoms with Gasteiger partial charge in [0.15, 0.2) is 0 Å². The van der Waals surface area contributed by atoms with Gasteiger partial charge in [-0.3, -0.25) is 0 Å². The van der Waals surface area contributed by atoms with Gasteiger partial charge >= 0.3 is 12.2 Å². The van der Waals surface area contributed by atoms with Crippen LogP contribution >= 0.6 is 0 Å². The summed E-state index contributed by atoms with van der Waals surface area (Å²) < 4.78 is 4.53. The van der Waals surface area contributed by atoms with Crippen molar-refractivity contribution >= 4 is 12.2 Å². The van der Waals surface area contributed by atoms with Gasteiger partial charge in [-0.2, -0.15) is 0 Å². The monoisotopic (exact) mass is 206 g/mol. The van der Waals surface area contributed by atoms with Crippen LogP contribution in [0.3, 0.4) is 0 Å². The average Bonchev–Trinajstić information content (AvgIpc) is 2.05. The number of carboxylic acid groups (broad SMARTS) is 1. The van der Waals surface area contributed by atoms with Crippen molar-refractivity contribution in [2.75, 3.05) is 19.7 Å². The molecule has 3 N–H and O–H groups in total. The molecule has 14 heavy (non-hydrogen) atoms. The number of carbonyl (C=O) groups is 2. The summed E-state index contributed by atoms with van der Waals surface area (Å²) in [7, 11) is 0. The molecule has 0 aromatic carbocycles. The molecule has 6 nitrogen and oxygen atoms in total. The highest BCUT2D eigenvalue weighted by Crippen LogP contribution is 1.72. The van der Waals surface area contributed by atoms with Crippen LogP contribution in [0.2, 0.25) is 0 Å². The first kappa shape index (κ1) is 15.0. The van der Waals surface area contributed by atoms with E-state index in [0.29, 0.717) is 19.7 Å². The molecule has 0 aliphatic carbocycles. The quantitative estimate of drug-likeness (QED) is 0.643. The second kappa shape index (κ2) is 11.5. The minimum atomic E-state index is -0.961. The SMILES string of the molecule is CCNC(=O)O.CCNC(=O)OCC. The van der Waals surface area contributed by atoms with Gasteiger partial charge in [0, 0.05) is 13.1 Å². The van der Waals surface area contributed by atoms with Gasteiger partial charge < -0.3 is 20.5 Å². The molecule has 0 atom stereocenters. The maximum atomic E-state index is 10.3. The third-order valence-electron chi connectivity index (χ3n) is 0.925. The predicted molar refractivity (Wildman–Crippen MR) is 52.4 cm³/mol. The number of hydrogen-bond acceptors (Lipinski definition) is 3. The Labute approximate surface area is 83.6 Å². The van der Waals surface area contributed by atoms with Gasteiger partial charge in [-0.25, -0.2) is 9.59 Å². The Balaban J connectivity index is 0. The Morgan fingerprint density at radius 2 is 1.64 bits per heavy atom. The Hall–Kier alpha value is -1.46. The zero-order valence-corrected chi connectivity index (χ0v) is 8.79. The molecule has 0 unspecified atom stereocenters. The molecule has 0 spiro atoms. The van der Waals surface area contributed by atoms with Gasteiger partial charge in [0.05, 0.1) is 6.61 Å². The van der Waals surface area contributed by atoms with Gasteiger partial charge in [-0.1, -0.05) is 0 Å². The number of amides is 2. The summed E-state index contributed by atoms with van der Waals surface area (Å²) in [5.41, 5.74) is 0. The van der Waals surface area contributed by atoms with Crippen LogP contribution in [0.25, 0.3) is 0 Å². The number of ether oxygens (including phenoxy) is 1. The molecule has 0 saturated carbocycles. The van der Waals surface area contributed by atoms with Crippen molar-refractivity contribution in [1.29, 1.82) is 0 Å². The van der Waals surface area contributed by atoms with Crippen molar-refractivity contribution in [3.63, 3.8) is 0 Å². The lowest BCUT2D eigenvalue weighted by Crippen LogP contribution is -2.23. The molecular weight excluding hydrogens is 188 g/mol. The van der Waals surface area contributed by atoms with Crippen LogP contribution in [-0.2, 0) is 4.74 Å². The Morgan fingerprint density at radius 3 is 1.86 bits per heavy atom. The maximum absolute atomic E-state index is 10.3. The van der Waals surface area contributed by atoms with E-state index in [4.69, 9.17) is 5.11 Å². The van der Waals surface area contributed by atoms with Crippen molar-refractivity contribution in [3.05, 3.63) is 0 Å². The van der Waals surface area contributed by atoms with Crippen LogP contribution < -0.4 is 10.6 Å². The van der Waals surface area contributed by atoms with Gasteiger partial charge in [-0.05, 0) is 20.8 Å². The largest absolute Gasteiger partial charge is 0.465 e. The molecule has 0 aromatic heterocycles. The first-order valence-corrected chi connectivity index (χ1v) is 4.45. The van der Waals surface area contributed by atoms with Crippen LogP contribution in [0.5, 0.6) is 0 Å². The normalized spacial score (nSPS) is 7.93. The van der Waals surface area contributed by atoms with E-state index in [2.05, 4.69) is 15.4 Å². The fourth-order valence-corrected chi connectivity index (χ4v) is 0.478. The average molecular weight is 206 g/mol. The number of alkyl carbamates (subject to hydrolysis) is 1. The highest BCUT2D eigenvalue weighted by Gasteiger charge is 1.92. The smallest absolute Gasteiger partial charge is 0.407 e. The van der Waals surface area contributed by atoms with Gasteiger partial charge in [-0.15, -0.1) is 0 Å². The fourth-order valence-electron chi connectivity index (χ4n) is 0.478. The summed E-state index contributed by atoms with van der Waals surface area (Å²) >= 11 is 0. The summed E-state index contributed by atoms with van der Waals surface area (Å²) in [4.78, 5) is 19.8. The summed E-state index contributed by atoms with van der Waals surface area (Å²) in [6.45, 7) is 6.89. The number of rotatable bonds is 3. The third-order valence-corrected chi connectivity index (χ3v) is 0.925. The Bertz CT molecular complexity index is 153. The van der Waals surface area contributed by atoms with Crippen molar-refractivity contribution in [3.8, 4) is 0 Å². The molecule has 6 heteroatoms. The molecule has 0 heterocycles. The van der Waals surface area contributed by atoms with Gasteiger partial charge in [0.2, 0.25) is 0 Å². The lowest BCUT2D eigenvalue weighted by Gasteiger charge is -1.99. The molecule has 0 aromatic rings. The van der Waals surface area contributed by atoms with E-state index in [0.717, 1.165) is 0 Å². The number of hydrogen-bond donors (Lipinski definition) is 3. The molecule has 0 rings (SSSR count). The predicted octanol–water partition coefficient (Wildman–Crippen LogP) is 1.03. The highest BCUT2D eigenvalue weighted by atomic mass is 16.5. The lowest BCUT2D eigenvalue weighted by molar-refractivity contribution is 0.153. The van der Waals surface area contributed by atoms with E-state index < -0.39 is 6.09 Å². The molecule has 0 bridgehead atoms. The molecule has 0 aliphatic rings. The van der Waals surface area contributed by atoms with E-state index in [1.54, 1.807) is 13.8 Å². The van der Waals surface area contributed by atoms with Crippen molar-refractivity contribution in [2.45, 2.75) is 20.8 Å². The van der Waals surface area contributed by atoms with E-state index in [1.807, 2.05) is 6.92 Å². The maximum Gasteiger partial charge on any atom is 0.407 e. The molecule has 0 saturated heterocycles. The van der Waals surface area contributed by atoms with Crippen LogP contribution in [0.4, 0.5) is 9.59 Å². The van der Waals surface area contributed by atoms with Crippen LogP contribution in [0.15, 0.2) is 0 Å². The van der Waals surface area contributed by atoms with Crippen LogP contribution in [-0.4, -0.2) is 37.0 Å². The first-order chi connectivity index (χ1) is 6.58. The van der Waals surface area contributed by atoms with Crippen LogP contribution in [0, 0.1) is 0 Å². The highest BCUT2D eigenvalue weighted by molar-refractivity contribution is 5.66. The molecular formula is C8H18N2O4. The summed E-state index contributed by atoms with van der Waals surface area (Å²) in [5, 5.41) is 12.4. The van der Waals surface area contributed by atoms with Crippen LogP contribution in [0.1, 0.15) is 20.8 Å². The van der Waals surface area contributed by atoms with E-state index in [1.165, 1.54) is 0 Å². The zero-order chi connectivity index (χ0) is 11.4. The third kappa shape index (κ3) is 16.9. The zero-order valence-electron chi connectivity index (χ0n) is 8.79. The lowest BCUT2D eigenvalue weighted by atomic mass is 10.7. The van der Waals surface area contributed by atoms with E-state index >= 15 is 0 Å². The Morgan fingerprint density at radius 1 is 1.14 bits per heavy atom. The fraction of sp³-hybridized carbons (Fsp3) is 0.750. The van der Waals surface area contributed by atoms with Crippen molar-refractivity contribution in [2.24, 2.45) is 0 Å². The Kier molecular flexibility index (Phi) is 12.4. The number of nitrogens with one attached hydrogen (secondary N) is 2. The molecule has 0 aliphatic heterocycles. The van der Waals surface area contributed by atoms with Gasteiger partial charge in [0.25, 0.3) is 0 Å².